The van der Waals surface area contributed by atoms with Crippen LogP contribution < -0.4 is 5.73 Å². The quantitative estimate of drug-likeness (QED) is 0.668. The number of carbonyl (C=O) groups excluding carboxylic acids is 2. The van der Waals surface area contributed by atoms with Crippen molar-refractivity contribution in [3.8, 4) is 0 Å². The van der Waals surface area contributed by atoms with Gasteiger partial charge in [0.15, 0.2) is 0 Å². The summed E-state index contributed by atoms with van der Waals surface area (Å²) >= 11 is 0. The van der Waals surface area contributed by atoms with Gasteiger partial charge in [-0.2, -0.15) is 0 Å². The summed E-state index contributed by atoms with van der Waals surface area (Å²) in [5.74, 6) is -0.280. The Balaban J connectivity index is 2.37. The Hall–Kier alpha value is -1.10. The van der Waals surface area contributed by atoms with Gasteiger partial charge in [0.2, 0.25) is 11.8 Å². The number of hydrogen-bond acceptors (Lipinski definition) is 3. The van der Waals surface area contributed by atoms with Gasteiger partial charge in [-0.25, -0.2) is 0 Å². The highest BCUT2D eigenvalue weighted by molar-refractivity contribution is 5.83. The minimum atomic E-state index is -0.392. The molecule has 5 heteroatoms. The Morgan fingerprint density at radius 2 is 2.13 bits per heavy atom. The van der Waals surface area contributed by atoms with Crippen LogP contribution >= 0.6 is 0 Å². The van der Waals surface area contributed by atoms with Gasteiger partial charge in [0.1, 0.15) is 0 Å². The van der Waals surface area contributed by atoms with Gasteiger partial charge in [0.05, 0.1) is 6.42 Å². The molecule has 1 aliphatic heterocycles. The molecule has 1 saturated heterocycles. The minimum absolute atomic E-state index is 0.112. The van der Waals surface area contributed by atoms with Crippen LogP contribution in [0.1, 0.15) is 13.8 Å². The minimum Gasteiger partial charge on any atom is -0.369 e. The molecule has 1 fully saturated rings. The summed E-state index contributed by atoms with van der Waals surface area (Å²) in [6.07, 6.45) is 1.47. The van der Waals surface area contributed by atoms with Gasteiger partial charge in [0, 0.05) is 39.1 Å². The van der Waals surface area contributed by atoms with E-state index in [0.29, 0.717) is 6.54 Å². The van der Waals surface area contributed by atoms with Crippen molar-refractivity contribution in [1.29, 1.82) is 0 Å². The highest BCUT2D eigenvalue weighted by Gasteiger charge is 2.24. The van der Waals surface area contributed by atoms with Crippen molar-refractivity contribution in [3.63, 3.8) is 0 Å². The normalized spacial score (nSPS) is 22.8. The summed E-state index contributed by atoms with van der Waals surface area (Å²) in [7, 11) is 0. The molecule has 0 saturated carbocycles. The Morgan fingerprint density at radius 1 is 1.47 bits per heavy atom. The Labute approximate surface area is 90.2 Å². The van der Waals surface area contributed by atoms with Crippen LogP contribution in [-0.4, -0.2) is 53.8 Å². The first-order chi connectivity index (χ1) is 7.00. The van der Waals surface area contributed by atoms with E-state index in [-0.39, 0.29) is 11.9 Å². The topological polar surface area (TPSA) is 66.6 Å². The fourth-order valence-corrected chi connectivity index (χ4v) is 1.89. The van der Waals surface area contributed by atoms with Crippen molar-refractivity contribution < 1.29 is 9.59 Å². The van der Waals surface area contributed by atoms with Crippen molar-refractivity contribution >= 4 is 11.8 Å². The van der Waals surface area contributed by atoms with Crippen LogP contribution in [0.2, 0.25) is 0 Å². The van der Waals surface area contributed by atoms with Crippen LogP contribution in [-0.2, 0) is 9.59 Å². The zero-order valence-electron chi connectivity index (χ0n) is 9.27. The number of carbonyl (C=O) groups is 2. The number of amides is 2. The molecule has 0 spiro atoms. The smallest absolute Gasteiger partial charge is 0.222 e. The van der Waals surface area contributed by atoms with Crippen LogP contribution in [0.5, 0.6) is 0 Å². The van der Waals surface area contributed by atoms with E-state index in [2.05, 4.69) is 4.90 Å². The average molecular weight is 212 g/mol. The largest absolute Gasteiger partial charge is 0.369 e. The van der Waals surface area contributed by atoms with Gasteiger partial charge >= 0.3 is 0 Å². The molecule has 1 rings (SSSR count). The molecule has 2 amide bonds. The third kappa shape index (κ3) is 3.51. The van der Waals surface area contributed by atoms with Gasteiger partial charge in [0.25, 0.3) is 0 Å². The molecule has 0 aromatic carbocycles. The van der Waals surface area contributed by atoms with Crippen molar-refractivity contribution in [2.75, 3.05) is 26.2 Å². The van der Waals surface area contributed by atoms with Crippen molar-refractivity contribution in [2.45, 2.75) is 19.9 Å². The van der Waals surface area contributed by atoms with E-state index >= 15 is 0 Å². The molecule has 0 bridgehead atoms. The molecule has 1 atom stereocenters. The maximum atomic E-state index is 11.2. The van der Waals surface area contributed by atoms with E-state index < -0.39 is 5.91 Å². The van der Waals surface area contributed by atoms with E-state index in [1.54, 1.807) is 6.92 Å². The summed E-state index contributed by atoms with van der Waals surface area (Å²) in [5, 5.41) is 0. The molecule has 0 aromatic rings. The lowest BCUT2D eigenvalue weighted by Gasteiger charge is -2.39. The lowest BCUT2D eigenvalue weighted by Crippen LogP contribution is -2.53. The van der Waals surface area contributed by atoms with Crippen LogP contribution in [0, 0.1) is 6.42 Å². The van der Waals surface area contributed by atoms with Crippen LogP contribution in [0.4, 0.5) is 0 Å². The summed E-state index contributed by atoms with van der Waals surface area (Å²) in [6, 6.07) is 0.206. The highest BCUT2D eigenvalue weighted by Crippen LogP contribution is 2.09. The predicted molar refractivity (Wildman–Crippen MR) is 56.8 cm³/mol. The van der Waals surface area contributed by atoms with Crippen molar-refractivity contribution in [1.82, 2.24) is 9.80 Å². The number of nitrogens with zero attached hydrogens (tertiary/aromatic N) is 2. The second-order valence-corrected chi connectivity index (χ2v) is 3.93. The van der Waals surface area contributed by atoms with Gasteiger partial charge < -0.3 is 10.6 Å². The second-order valence-electron chi connectivity index (χ2n) is 3.93. The summed E-state index contributed by atoms with van der Waals surface area (Å²) in [6.45, 7) is 6.49. The molecule has 0 aliphatic carbocycles. The predicted octanol–water partition coefficient (Wildman–Crippen LogP) is -0.771. The molecule has 1 unspecified atom stereocenters. The summed E-state index contributed by atoms with van der Waals surface area (Å²) in [4.78, 5) is 25.7. The Morgan fingerprint density at radius 3 is 2.60 bits per heavy atom. The zero-order chi connectivity index (χ0) is 11.4. The third-order valence-electron chi connectivity index (χ3n) is 2.67. The van der Waals surface area contributed by atoms with Gasteiger partial charge in [-0.1, -0.05) is 0 Å². The molecular weight excluding hydrogens is 194 g/mol. The molecule has 15 heavy (non-hydrogen) atoms. The number of hydrogen-bond donors (Lipinski definition) is 1. The number of piperazine rings is 1. The number of rotatable bonds is 3. The zero-order valence-corrected chi connectivity index (χ0v) is 9.27. The summed E-state index contributed by atoms with van der Waals surface area (Å²) < 4.78 is 0. The van der Waals surface area contributed by atoms with Gasteiger partial charge in [-0.05, 0) is 6.92 Å². The van der Waals surface area contributed by atoms with E-state index in [9.17, 15) is 9.59 Å². The first-order valence-corrected chi connectivity index (χ1v) is 5.13. The van der Waals surface area contributed by atoms with Gasteiger partial charge in [-0.15, -0.1) is 0 Å². The van der Waals surface area contributed by atoms with Crippen molar-refractivity contribution in [2.24, 2.45) is 5.73 Å². The van der Waals surface area contributed by atoms with Crippen molar-refractivity contribution in [3.05, 3.63) is 6.42 Å². The molecule has 1 aliphatic rings. The second kappa shape index (κ2) is 5.11. The van der Waals surface area contributed by atoms with Crippen LogP contribution in [0.3, 0.4) is 0 Å². The van der Waals surface area contributed by atoms with Crippen LogP contribution in [0.25, 0.3) is 0 Å². The van der Waals surface area contributed by atoms with Gasteiger partial charge in [-0.3, -0.25) is 14.5 Å². The average Bonchev–Trinajstić information content (AvgIpc) is 2.14. The van der Waals surface area contributed by atoms with E-state index in [4.69, 9.17) is 5.73 Å². The maximum Gasteiger partial charge on any atom is 0.222 e. The third-order valence-corrected chi connectivity index (χ3v) is 2.67. The van der Waals surface area contributed by atoms with E-state index in [1.807, 2.05) is 11.8 Å². The monoisotopic (exact) mass is 212 g/mol. The molecular formula is C10H18N3O2. The molecule has 85 valence electrons. The number of nitrogens with two attached hydrogens (primary N) is 1. The molecule has 1 radical (unpaired) electrons. The van der Waals surface area contributed by atoms with E-state index in [1.165, 1.54) is 6.42 Å². The van der Waals surface area contributed by atoms with E-state index in [0.717, 1.165) is 19.6 Å². The standard InChI is InChI=1S/C10H18N3O2/c1-8-7-12(4-3-10(11)15)5-6-13(8)9(2)14/h3,8H,4-7H2,1-2H3,(H2,11,15). The fraction of sp³-hybridized carbons (Fsp3) is 0.700. The fourth-order valence-electron chi connectivity index (χ4n) is 1.89. The molecule has 5 nitrogen and oxygen atoms in total. The Bertz CT molecular complexity index is 255. The molecule has 2 N–H and O–H groups in total. The van der Waals surface area contributed by atoms with Crippen LogP contribution in [0.15, 0.2) is 0 Å². The lowest BCUT2D eigenvalue weighted by molar-refractivity contribution is -0.133. The lowest BCUT2D eigenvalue weighted by atomic mass is 10.2. The first-order valence-electron chi connectivity index (χ1n) is 5.13. The number of primary amides is 1. The SMILES string of the molecule is CC(=O)N1CCN(C[CH]C(N)=O)CC1C. The Kier molecular flexibility index (Phi) is 4.08. The first kappa shape index (κ1) is 12.0. The summed E-state index contributed by atoms with van der Waals surface area (Å²) in [5.41, 5.74) is 5.03. The highest BCUT2D eigenvalue weighted by atomic mass is 16.2. The maximum absolute atomic E-state index is 11.2. The molecule has 1 heterocycles. The molecule has 0 aromatic heterocycles.